The largest absolute Gasteiger partial charge is 0.493 e. The van der Waals surface area contributed by atoms with Crippen LogP contribution in [-0.2, 0) is 4.79 Å². The molecule has 1 fully saturated rings. The van der Waals surface area contributed by atoms with Crippen LogP contribution in [0.4, 0.5) is 0 Å². The Morgan fingerprint density at radius 1 is 1.00 bits per heavy atom. The minimum atomic E-state index is -0.187. The second-order valence-corrected chi connectivity index (χ2v) is 8.80. The Hall–Kier alpha value is -1.60. The lowest BCUT2D eigenvalue weighted by molar-refractivity contribution is -0.122. The normalized spacial score (nSPS) is 18.3. The van der Waals surface area contributed by atoms with Crippen LogP contribution in [0.15, 0.2) is 12.1 Å². The fourth-order valence-electron chi connectivity index (χ4n) is 3.66. The van der Waals surface area contributed by atoms with Crippen molar-refractivity contribution in [3.63, 3.8) is 0 Å². The molecular formula is C23H38N2O4S. The molecule has 0 bridgehead atoms. The molecule has 1 aromatic carbocycles. The molecule has 1 unspecified atom stereocenters. The Morgan fingerprint density at radius 2 is 1.60 bits per heavy atom. The van der Waals surface area contributed by atoms with E-state index >= 15 is 0 Å². The maximum atomic E-state index is 12.5. The van der Waals surface area contributed by atoms with E-state index in [0.717, 1.165) is 24.3 Å². The van der Waals surface area contributed by atoms with E-state index in [1.165, 1.54) is 44.9 Å². The van der Waals surface area contributed by atoms with Crippen LogP contribution >= 0.6 is 11.8 Å². The predicted molar refractivity (Wildman–Crippen MR) is 124 cm³/mol. The number of carbonyl (C=O) groups excluding carboxylic acids is 1. The van der Waals surface area contributed by atoms with Gasteiger partial charge in [-0.05, 0) is 24.1 Å². The Balaban J connectivity index is 1.75. The van der Waals surface area contributed by atoms with Gasteiger partial charge in [0.15, 0.2) is 11.5 Å². The summed E-state index contributed by atoms with van der Waals surface area (Å²) in [4.78, 5) is 12.5. The van der Waals surface area contributed by atoms with Gasteiger partial charge in [-0.1, -0.05) is 51.9 Å². The van der Waals surface area contributed by atoms with Gasteiger partial charge in [0.1, 0.15) is 0 Å². The molecule has 1 aromatic rings. The van der Waals surface area contributed by atoms with E-state index in [1.807, 2.05) is 12.1 Å². The highest BCUT2D eigenvalue weighted by atomic mass is 32.2. The zero-order valence-electron chi connectivity index (χ0n) is 18.9. The molecule has 1 heterocycles. The minimum absolute atomic E-state index is 0.0116. The lowest BCUT2D eigenvalue weighted by Gasteiger charge is -2.18. The molecule has 1 saturated heterocycles. The number of benzene rings is 1. The maximum Gasteiger partial charge on any atom is 0.238 e. The summed E-state index contributed by atoms with van der Waals surface area (Å²) < 4.78 is 16.3. The monoisotopic (exact) mass is 438 g/mol. The summed E-state index contributed by atoms with van der Waals surface area (Å²) in [6.07, 6.45) is 10.1. The Morgan fingerprint density at radius 3 is 2.17 bits per heavy atom. The van der Waals surface area contributed by atoms with Crippen molar-refractivity contribution in [3.8, 4) is 17.2 Å². The number of ether oxygens (including phenoxy) is 3. The first-order chi connectivity index (χ1) is 14.6. The van der Waals surface area contributed by atoms with Crippen LogP contribution in [0.25, 0.3) is 0 Å². The lowest BCUT2D eigenvalue weighted by atomic mass is 10.1. The van der Waals surface area contributed by atoms with Crippen molar-refractivity contribution < 1.29 is 19.0 Å². The third-order valence-electron chi connectivity index (χ3n) is 5.42. The molecule has 2 N–H and O–H groups in total. The molecule has 0 aromatic heterocycles. The average molecular weight is 439 g/mol. The second kappa shape index (κ2) is 13.7. The smallest absolute Gasteiger partial charge is 0.238 e. The quantitative estimate of drug-likeness (QED) is 0.411. The van der Waals surface area contributed by atoms with Crippen molar-refractivity contribution in [2.45, 2.75) is 69.7 Å². The summed E-state index contributed by atoms with van der Waals surface area (Å²) in [7, 11) is 4.81. The number of carbonyl (C=O) groups is 1. The molecule has 30 heavy (non-hydrogen) atoms. The van der Waals surface area contributed by atoms with E-state index in [2.05, 4.69) is 17.6 Å². The van der Waals surface area contributed by atoms with Crippen molar-refractivity contribution in [3.05, 3.63) is 17.7 Å². The third-order valence-corrected chi connectivity index (χ3v) is 6.69. The van der Waals surface area contributed by atoms with E-state index in [-0.39, 0.29) is 17.3 Å². The molecule has 2 rings (SSSR count). The van der Waals surface area contributed by atoms with Gasteiger partial charge >= 0.3 is 0 Å². The highest BCUT2D eigenvalue weighted by molar-refractivity contribution is 7.99. The standard InChI is InChI=1S/C23H38N2O4S/c1-5-6-7-8-9-10-11-12-13-24-22(26)18-16-30-23(25-18)17-14-19(27-2)21(29-4)20(15-17)28-3/h14-15,18,23,25H,5-13,16H2,1-4H3,(H,24,26)/t18-,23?/m0/s1. The van der Waals surface area contributed by atoms with Crippen LogP contribution in [-0.4, -0.2) is 45.6 Å². The molecule has 170 valence electrons. The summed E-state index contributed by atoms with van der Waals surface area (Å²) in [5, 5.41) is 6.53. The molecule has 2 atom stereocenters. The molecule has 0 saturated carbocycles. The predicted octanol–water partition coefficient (Wildman–Crippen LogP) is 4.67. The van der Waals surface area contributed by atoms with Crippen LogP contribution in [0.3, 0.4) is 0 Å². The molecule has 1 aliphatic heterocycles. The number of nitrogens with one attached hydrogen (secondary N) is 2. The maximum absolute atomic E-state index is 12.5. The summed E-state index contributed by atoms with van der Waals surface area (Å²) in [5.41, 5.74) is 1.01. The first kappa shape index (κ1) is 24.7. The fraction of sp³-hybridized carbons (Fsp3) is 0.696. The topological polar surface area (TPSA) is 68.8 Å². The second-order valence-electron chi connectivity index (χ2n) is 7.66. The molecule has 0 radical (unpaired) electrons. The highest BCUT2D eigenvalue weighted by Crippen LogP contribution is 2.43. The number of thioether (sulfide) groups is 1. The Bertz CT molecular complexity index is 631. The number of amides is 1. The van der Waals surface area contributed by atoms with Crippen LogP contribution in [0.5, 0.6) is 17.2 Å². The average Bonchev–Trinajstić information content (AvgIpc) is 3.27. The van der Waals surface area contributed by atoms with Gasteiger partial charge in [-0.15, -0.1) is 11.8 Å². The van der Waals surface area contributed by atoms with Gasteiger partial charge in [0.25, 0.3) is 0 Å². The number of rotatable bonds is 14. The Kier molecular flexibility index (Phi) is 11.2. The van der Waals surface area contributed by atoms with Crippen LogP contribution < -0.4 is 24.8 Å². The number of unbranched alkanes of at least 4 members (excludes halogenated alkanes) is 7. The highest BCUT2D eigenvalue weighted by Gasteiger charge is 2.31. The molecular weight excluding hydrogens is 400 g/mol. The molecule has 6 nitrogen and oxygen atoms in total. The van der Waals surface area contributed by atoms with Crippen molar-refractivity contribution in [1.82, 2.24) is 10.6 Å². The van der Waals surface area contributed by atoms with Gasteiger partial charge in [-0.2, -0.15) is 0 Å². The van der Waals surface area contributed by atoms with Gasteiger partial charge in [-0.3, -0.25) is 10.1 Å². The van der Waals surface area contributed by atoms with E-state index in [4.69, 9.17) is 14.2 Å². The third kappa shape index (κ3) is 7.27. The molecule has 7 heteroatoms. The van der Waals surface area contributed by atoms with Gasteiger partial charge in [0.2, 0.25) is 11.7 Å². The zero-order chi connectivity index (χ0) is 21.8. The number of methoxy groups -OCH3 is 3. The number of hydrogen-bond donors (Lipinski definition) is 2. The van der Waals surface area contributed by atoms with Crippen molar-refractivity contribution in [2.24, 2.45) is 0 Å². The summed E-state index contributed by atoms with van der Waals surface area (Å²) in [5.74, 6) is 2.64. The molecule has 1 amide bonds. The van der Waals surface area contributed by atoms with Gasteiger partial charge in [0.05, 0.1) is 32.7 Å². The van der Waals surface area contributed by atoms with Gasteiger partial charge < -0.3 is 19.5 Å². The van der Waals surface area contributed by atoms with Crippen molar-refractivity contribution in [1.29, 1.82) is 0 Å². The van der Waals surface area contributed by atoms with Gasteiger partial charge in [0, 0.05) is 12.3 Å². The van der Waals surface area contributed by atoms with Crippen LogP contribution in [0.1, 0.15) is 69.2 Å². The zero-order valence-corrected chi connectivity index (χ0v) is 19.7. The van der Waals surface area contributed by atoms with Crippen LogP contribution in [0, 0.1) is 0 Å². The van der Waals surface area contributed by atoms with E-state index in [1.54, 1.807) is 33.1 Å². The fourth-order valence-corrected chi connectivity index (χ4v) is 4.88. The van der Waals surface area contributed by atoms with E-state index in [9.17, 15) is 4.79 Å². The van der Waals surface area contributed by atoms with Gasteiger partial charge in [-0.25, -0.2) is 0 Å². The molecule has 0 aliphatic carbocycles. The van der Waals surface area contributed by atoms with Crippen molar-refractivity contribution in [2.75, 3.05) is 33.6 Å². The first-order valence-electron chi connectivity index (χ1n) is 11.1. The SMILES string of the molecule is CCCCCCCCCCNC(=O)[C@@H]1CSC(c2cc(OC)c(OC)c(OC)c2)N1. The summed E-state index contributed by atoms with van der Waals surface area (Å²) in [6, 6.07) is 3.69. The molecule has 1 aliphatic rings. The van der Waals surface area contributed by atoms with E-state index in [0.29, 0.717) is 17.2 Å². The number of hydrogen-bond acceptors (Lipinski definition) is 6. The van der Waals surface area contributed by atoms with E-state index < -0.39 is 0 Å². The minimum Gasteiger partial charge on any atom is -0.493 e. The Labute approximate surface area is 185 Å². The molecule has 0 spiro atoms. The van der Waals surface area contributed by atoms with Crippen molar-refractivity contribution >= 4 is 17.7 Å². The first-order valence-corrected chi connectivity index (χ1v) is 12.1. The van der Waals surface area contributed by atoms with Crippen LogP contribution in [0.2, 0.25) is 0 Å². The summed E-state index contributed by atoms with van der Waals surface area (Å²) >= 11 is 1.72. The lowest BCUT2D eigenvalue weighted by Crippen LogP contribution is -2.42. The summed E-state index contributed by atoms with van der Waals surface area (Å²) in [6.45, 7) is 3.00.